The van der Waals surface area contributed by atoms with Crippen molar-refractivity contribution < 1.29 is 4.74 Å². The highest BCUT2D eigenvalue weighted by Gasteiger charge is 2.26. The van der Waals surface area contributed by atoms with E-state index in [9.17, 15) is 0 Å². The molecule has 0 saturated carbocycles. The van der Waals surface area contributed by atoms with E-state index >= 15 is 0 Å². The highest BCUT2D eigenvalue weighted by Crippen LogP contribution is 2.35. The van der Waals surface area contributed by atoms with Crippen molar-refractivity contribution in [1.29, 1.82) is 0 Å². The summed E-state index contributed by atoms with van der Waals surface area (Å²) in [5.41, 5.74) is 0.785. The minimum Gasteiger partial charge on any atom is -0.371 e. The molecule has 20 heavy (non-hydrogen) atoms. The molecule has 2 rings (SSSR count). The molecule has 0 aliphatic carbocycles. The fraction of sp³-hybridized carbons (Fsp3) is 0.600. The van der Waals surface area contributed by atoms with E-state index in [-0.39, 0.29) is 0 Å². The van der Waals surface area contributed by atoms with Gasteiger partial charge in [-0.25, -0.2) is 9.97 Å². The molecule has 0 amide bonds. The van der Waals surface area contributed by atoms with Gasteiger partial charge in [-0.15, -0.1) is 11.3 Å². The van der Waals surface area contributed by atoms with E-state index in [1.165, 1.54) is 10.4 Å². The maximum absolute atomic E-state index is 5.52. The molecule has 0 fully saturated rings. The number of methoxy groups -OCH3 is 1. The van der Waals surface area contributed by atoms with Gasteiger partial charge < -0.3 is 10.1 Å². The molecule has 110 valence electrons. The summed E-state index contributed by atoms with van der Waals surface area (Å²) in [6.07, 6.45) is 1.07. The van der Waals surface area contributed by atoms with Crippen LogP contribution in [-0.2, 0) is 10.3 Å². The Balaban J connectivity index is 2.64. The van der Waals surface area contributed by atoms with Crippen LogP contribution < -0.4 is 5.32 Å². The molecule has 0 bridgehead atoms. The van der Waals surface area contributed by atoms with E-state index in [1.54, 1.807) is 18.4 Å². The van der Waals surface area contributed by atoms with Crippen molar-refractivity contribution in [3.8, 4) is 0 Å². The third-order valence-electron chi connectivity index (χ3n) is 3.62. The van der Waals surface area contributed by atoms with E-state index < -0.39 is 5.60 Å². The quantitative estimate of drug-likeness (QED) is 0.904. The topological polar surface area (TPSA) is 47.0 Å². The number of nitrogens with zero attached hydrogens (tertiary/aromatic N) is 2. The molecule has 0 unspecified atom stereocenters. The van der Waals surface area contributed by atoms with Crippen LogP contribution in [0, 0.1) is 13.8 Å². The molecule has 2 aromatic heterocycles. The Hall–Kier alpha value is -1.20. The van der Waals surface area contributed by atoms with Gasteiger partial charge in [0.25, 0.3) is 0 Å². The maximum atomic E-state index is 5.52. The van der Waals surface area contributed by atoms with Crippen molar-refractivity contribution in [2.45, 2.75) is 46.6 Å². The molecule has 0 atom stereocenters. The fourth-order valence-electron chi connectivity index (χ4n) is 1.98. The van der Waals surface area contributed by atoms with Gasteiger partial charge >= 0.3 is 0 Å². The van der Waals surface area contributed by atoms with Crippen LogP contribution in [0.4, 0.5) is 5.82 Å². The summed E-state index contributed by atoms with van der Waals surface area (Å²) in [6.45, 7) is 11.3. The number of thiophene rings is 1. The Morgan fingerprint density at radius 3 is 2.55 bits per heavy atom. The second kappa shape index (κ2) is 5.66. The second-order valence-corrected chi connectivity index (χ2v) is 6.70. The molecule has 1 N–H and O–H groups in total. The van der Waals surface area contributed by atoms with Crippen LogP contribution in [0.15, 0.2) is 0 Å². The first-order chi connectivity index (χ1) is 9.40. The lowest BCUT2D eigenvalue weighted by Gasteiger charge is -2.22. The highest BCUT2D eigenvalue weighted by molar-refractivity contribution is 7.18. The Morgan fingerprint density at radius 1 is 1.25 bits per heavy atom. The number of aromatic nitrogens is 2. The molecule has 2 heterocycles. The summed E-state index contributed by atoms with van der Waals surface area (Å²) < 4.78 is 5.52. The first-order valence-electron chi connectivity index (χ1n) is 6.98. The zero-order valence-corrected chi connectivity index (χ0v) is 13.9. The third kappa shape index (κ3) is 2.65. The maximum Gasteiger partial charge on any atom is 0.163 e. The Bertz CT molecular complexity index is 619. The Morgan fingerprint density at radius 2 is 1.95 bits per heavy atom. The van der Waals surface area contributed by atoms with E-state index in [2.05, 4.69) is 26.1 Å². The van der Waals surface area contributed by atoms with Gasteiger partial charge in [-0.1, -0.05) is 6.92 Å². The molecule has 0 radical (unpaired) electrons. The van der Waals surface area contributed by atoms with Crippen molar-refractivity contribution in [2.75, 3.05) is 19.0 Å². The SMILES string of the molecule is CCCNc1nc(C(C)(C)OC)nc2sc(C)c(C)c12. The molecule has 0 spiro atoms. The summed E-state index contributed by atoms with van der Waals surface area (Å²) in [4.78, 5) is 11.8. The molecular weight excluding hydrogens is 270 g/mol. The molecule has 4 nitrogen and oxygen atoms in total. The van der Waals surface area contributed by atoms with Gasteiger partial charge in [-0.3, -0.25) is 0 Å². The lowest BCUT2D eigenvalue weighted by molar-refractivity contribution is 0.0119. The van der Waals surface area contributed by atoms with E-state index in [0.29, 0.717) is 0 Å². The molecule has 5 heteroatoms. The number of hydrogen-bond acceptors (Lipinski definition) is 5. The zero-order chi connectivity index (χ0) is 14.9. The standard InChI is InChI=1S/C15H23N3OS/c1-7-8-16-12-11-9(2)10(3)20-13(11)18-14(17-12)15(4,5)19-6/h7-8H2,1-6H3,(H,16,17,18). The molecule has 2 aromatic rings. The Labute approximate surface area is 124 Å². The van der Waals surface area contributed by atoms with Gasteiger partial charge in [0.05, 0.1) is 5.39 Å². The molecule has 0 aliphatic heterocycles. The molecule has 0 aromatic carbocycles. The predicted molar refractivity (Wildman–Crippen MR) is 85.7 cm³/mol. The van der Waals surface area contributed by atoms with Crippen molar-refractivity contribution in [2.24, 2.45) is 0 Å². The van der Waals surface area contributed by atoms with Gasteiger partial charge in [-0.2, -0.15) is 0 Å². The van der Waals surface area contributed by atoms with Gasteiger partial charge in [0, 0.05) is 18.5 Å². The van der Waals surface area contributed by atoms with Crippen LogP contribution in [0.2, 0.25) is 0 Å². The molecule has 0 aliphatic rings. The normalized spacial score (nSPS) is 12.1. The predicted octanol–water partition coefficient (Wildman–Crippen LogP) is 4.01. The highest BCUT2D eigenvalue weighted by atomic mass is 32.1. The number of hydrogen-bond donors (Lipinski definition) is 1. The van der Waals surface area contributed by atoms with Gasteiger partial charge in [0.1, 0.15) is 16.2 Å². The second-order valence-electron chi connectivity index (χ2n) is 5.50. The van der Waals surface area contributed by atoms with Crippen molar-refractivity contribution in [3.05, 3.63) is 16.3 Å². The van der Waals surface area contributed by atoms with Crippen LogP contribution in [0.5, 0.6) is 0 Å². The summed E-state index contributed by atoms with van der Waals surface area (Å²) >= 11 is 1.72. The smallest absolute Gasteiger partial charge is 0.163 e. The largest absolute Gasteiger partial charge is 0.371 e. The van der Waals surface area contributed by atoms with Crippen molar-refractivity contribution in [3.63, 3.8) is 0 Å². The molecular formula is C15H23N3OS. The minimum atomic E-state index is -0.483. The third-order valence-corrected chi connectivity index (χ3v) is 4.72. The van der Waals surface area contributed by atoms with E-state index in [1.807, 2.05) is 13.8 Å². The van der Waals surface area contributed by atoms with Crippen LogP contribution in [-0.4, -0.2) is 23.6 Å². The van der Waals surface area contributed by atoms with Crippen LogP contribution in [0.25, 0.3) is 10.2 Å². The van der Waals surface area contributed by atoms with Crippen LogP contribution >= 0.6 is 11.3 Å². The van der Waals surface area contributed by atoms with Gasteiger partial charge in [0.15, 0.2) is 5.82 Å². The first kappa shape index (κ1) is 15.2. The zero-order valence-electron chi connectivity index (χ0n) is 13.1. The summed E-state index contributed by atoms with van der Waals surface area (Å²) in [5, 5.41) is 4.58. The average molecular weight is 293 g/mol. The van der Waals surface area contributed by atoms with Gasteiger partial charge in [-0.05, 0) is 39.7 Å². The van der Waals surface area contributed by atoms with E-state index in [0.717, 1.165) is 34.8 Å². The molecule has 0 saturated heterocycles. The summed E-state index contributed by atoms with van der Waals surface area (Å²) in [6, 6.07) is 0. The van der Waals surface area contributed by atoms with Gasteiger partial charge in [0.2, 0.25) is 0 Å². The van der Waals surface area contributed by atoms with Crippen molar-refractivity contribution in [1.82, 2.24) is 9.97 Å². The van der Waals surface area contributed by atoms with Crippen LogP contribution in [0.1, 0.15) is 43.5 Å². The van der Waals surface area contributed by atoms with Crippen molar-refractivity contribution >= 4 is 27.4 Å². The lowest BCUT2D eigenvalue weighted by atomic mass is 10.1. The first-order valence-corrected chi connectivity index (χ1v) is 7.79. The van der Waals surface area contributed by atoms with Crippen LogP contribution in [0.3, 0.4) is 0 Å². The average Bonchev–Trinajstić information content (AvgIpc) is 2.71. The number of fused-ring (bicyclic) bond motifs is 1. The number of nitrogens with one attached hydrogen (secondary N) is 1. The summed E-state index contributed by atoms with van der Waals surface area (Å²) in [7, 11) is 1.69. The minimum absolute atomic E-state index is 0.483. The number of aryl methyl sites for hydroxylation is 2. The Kier molecular flexibility index (Phi) is 4.30. The monoisotopic (exact) mass is 293 g/mol. The fourth-order valence-corrected chi connectivity index (χ4v) is 3.01. The number of rotatable bonds is 5. The van der Waals surface area contributed by atoms with E-state index in [4.69, 9.17) is 14.7 Å². The lowest BCUT2D eigenvalue weighted by Crippen LogP contribution is -2.23. The summed E-state index contributed by atoms with van der Waals surface area (Å²) in [5.74, 6) is 1.66. The number of anilines is 1. The number of ether oxygens (including phenoxy) is 1.